The number of aromatic nitrogens is 1. The molecule has 2 aromatic rings. The van der Waals surface area contributed by atoms with Gasteiger partial charge in [0, 0.05) is 23.9 Å². The van der Waals surface area contributed by atoms with Crippen LogP contribution in [0.2, 0.25) is 0 Å². The first-order valence-electron chi connectivity index (χ1n) is 8.10. The summed E-state index contributed by atoms with van der Waals surface area (Å²) < 4.78 is 23.6. The Hall–Kier alpha value is -1.95. The molecule has 5 nitrogen and oxygen atoms in total. The molecule has 0 N–H and O–H groups in total. The molecular formula is C17H21FN2O3. The summed E-state index contributed by atoms with van der Waals surface area (Å²) in [6, 6.07) is 4.58. The van der Waals surface area contributed by atoms with Crippen molar-refractivity contribution in [3.8, 4) is 0 Å². The van der Waals surface area contributed by atoms with Crippen LogP contribution in [0.15, 0.2) is 22.7 Å². The van der Waals surface area contributed by atoms with Crippen LogP contribution in [0, 0.1) is 5.82 Å². The van der Waals surface area contributed by atoms with Crippen molar-refractivity contribution >= 4 is 16.9 Å². The van der Waals surface area contributed by atoms with E-state index < -0.39 is 0 Å². The Bertz CT molecular complexity index is 678. The number of carbonyl (C=O) groups is 1. The summed E-state index contributed by atoms with van der Waals surface area (Å²) in [6.45, 7) is 4.80. The summed E-state index contributed by atoms with van der Waals surface area (Å²) in [4.78, 5) is 13.7. The summed E-state index contributed by atoms with van der Waals surface area (Å²) in [5.41, 5.74) is 0.574. The fraction of sp³-hybridized carbons (Fsp3) is 0.529. The van der Waals surface area contributed by atoms with E-state index in [-0.39, 0.29) is 11.8 Å². The van der Waals surface area contributed by atoms with Crippen molar-refractivity contribution < 1.29 is 18.4 Å². The van der Waals surface area contributed by atoms with Crippen molar-refractivity contribution in [3.63, 3.8) is 0 Å². The van der Waals surface area contributed by atoms with E-state index in [0.717, 1.165) is 43.6 Å². The first-order chi connectivity index (χ1) is 11.2. The molecule has 3 rings (SSSR count). The minimum absolute atomic E-state index is 0.141. The van der Waals surface area contributed by atoms with Crippen LogP contribution in [0.4, 0.5) is 4.39 Å². The van der Waals surface area contributed by atoms with Gasteiger partial charge in [0.25, 0.3) is 0 Å². The maximum absolute atomic E-state index is 13.2. The Labute approximate surface area is 134 Å². The molecule has 0 bridgehead atoms. The molecule has 2 heterocycles. The van der Waals surface area contributed by atoms with Gasteiger partial charge in [-0.2, -0.15) is 0 Å². The normalized spacial score (nSPS) is 16.8. The van der Waals surface area contributed by atoms with E-state index in [1.54, 1.807) is 6.07 Å². The van der Waals surface area contributed by atoms with Crippen molar-refractivity contribution in [2.45, 2.75) is 32.1 Å². The molecule has 124 valence electrons. The highest BCUT2D eigenvalue weighted by Crippen LogP contribution is 2.33. The van der Waals surface area contributed by atoms with Crippen molar-refractivity contribution in [1.82, 2.24) is 10.1 Å². The maximum atomic E-state index is 13.2. The van der Waals surface area contributed by atoms with Gasteiger partial charge >= 0.3 is 5.97 Å². The summed E-state index contributed by atoms with van der Waals surface area (Å²) in [6.07, 6.45) is 2.33. The molecule has 1 fully saturated rings. The number of ether oxygens (including phenoxy) is 1. The Balaban J connectivity index is 1.57. The molecule has 0 radical (unpaired) electrons. The number of piperidine rings is 1. The minimum Gasteiger partial charge on any atom is -0.466 e. The summed E-state index contributed by atoms with van der Waals surface area (Å²) in [5, 5.41) is 4.86. The number of nitrogens with zero attached hydrogens (tertiary/aromatic N) is 2. The van der Waals surface area contributed by atoms with E-state index in [9.17, 15) is 9.18 Å². The predicted octanol–water partition coefficient (Wildman–Crippen LogP) is 3.10. The first-order valence-corrected chi connectivity index (χ1v) is 8.10. The van der Waals surface area contributed by atoms with E-state index in [1.807, 2.05) is 6.92 Å². The molecule has 0 saturated carbocycles. The third-order valence-electron chi connectivity index (χ3n) is 4.36. The molecule has 0 aliphatic carbocycles. The molecule has 0 amide bonds. The number of fused-ring (bicyclic) bond motifs is 1. The topological polar surface area (TPSA) is 55.6 Å². The number of hydrogen-bond donors (Lipinski definition) is 0. The van der Waals surface area contributed by atoms with Crippen molar-refractivity contribution in [1.29, 1.82) is 0 Å². The number of hydrogen-bond acceptors (Lipinski definition) is 5. The molecule has 0 atom stereocenters. The van der Waals surface area contributed by atoms with E-state index in [2.05, 4.69) is 10.1 Å². The molecule has 1 aliphatic heterocycles. The second-order valence-electron chi connectivity index (χ2n) is 5.88. The van der Waals surface area contributed by atoms with Crippen LogP contribution in [0.5, 0.6) is 0 Å². The van der Waals surface area contributed by atoms with Crippen molar-refractivity contribution in [2.75, 3.05) is 26.2 Å². The zero-order valence-electron chi connectivity index (χ0n) is 13.3. The lowest BCUT2D eigenvalue weighted by molar-refractivity contribution is -0.143. The number of carbonyl (C=O) groups excluding carboxylic acids is 1. The maximum Gasteiger partial charge on any atom is 0.307 e. The highest BCUT2D eigenvalue weighted by Gasteiger charge is 2.25. The van der Waals surface area contributed by atoms with Gasteiger partial charge in [-0.1, -0.05) is 5.16 Å². The second-order valence-corrected chi connectivity index (χ2v) is 5.88. The van der Waals surface area contributed by atoms with Crippen LogP contribution >= 0.6 is 0 Å². The number of esters is 1. The molecule has 0 unspecified atom stereocenters. The summed E-state index contributed by atoms with van der Waals surface area (Å²) >= 11 is 0. The van der Waals surface area contributed by atoms with Gasteiger partial charge in [0.2, 0.25) is 0 Å². The number of halogens is 1. The molecule has 1 aromatic carbocycles. The van der Waals surface area contributed by atoms with Crippen LogP contribution < -0.4 is 0 Å². The lowest BCUT2D eigenvalue weighted by Crippen LogP contribution is -2.34. The molecule has 1 aromatic heterocycles. The fourth-order valence-corrected chi connectivity index (χ4v) is 3.13. The van der Waals surface area contributed by atoms with Gasteiger partial charge in [-0.25, -0.2) is 4.39 Å². The van der Waals surface area contributed by atoms with Crippen LogP contribution in [-0.2, 0) is 9.53 Å². The van der Waals surface area contributed by atoms with Gasteiger partial charge in [-0.3, -0.25) is 4.79 Å². The largest absolute Gasteiger partial charge is 0.466 e. The van der Waals surface area contributed by atoms with Gasteiger partial charge in [-0.15, -0.1) is 0 Å². The zero-order valence-corrected chi connectivity index (χ0v) is 13.3. The Morgan fingerprint density at radius 1 is 1.43 bits per heavy atom. The fourth-order valence-electron chi connectivity index (χ4n) is 3.13. The average Bonchev–Trinajstić information content (AvgIpc) is 2.96. The smallest absolute Gasteiger partial charge is 0.307 e. The molecular weight excluding hydrogens is 299 g/mol. The van der Waals surface area contributed by atoms with E-state index in [0.29, 0.717) is 24.5 Å². The highest BCUT2D eigenvalue weighted by molar-refractivity contribution is 5.80. The van der Waals surface area contributed by atoms with Gasteiger partial charge in [0.15, 0.2) is 0 Å². The third-order valence-corrected chi connectivity index (χ3v) is 4.36. The predicted molar refractivity (Wildman–Crippen MR) is 83.6 cm³/mol. The number of likely N-dealkylation sites (tertiary alicyclic amines) is 1. The van der Waals surface area contributed by atoms with Crippen LogP contribution in [0.25, 0.3) is 10.9 Å². The minimum atomic E-state index is -0.300. The number of benzene rings is 1. The molecule has 1 saturated heterocycles. The molecule has 0 spiro atoms. The van der Waals surface area contributed by atoms with Crippen molar-refractivity contribution in [3.05, 3.63) is 29.8 Å². The zero-order chi connectivity index (χ0) is 16.2. The van der Waals surface area contributed by atoms with E-state index in [4.69, 9.17) is 9.26 Å². The Morgan fingerprint density at radius 3 is 2.96 bits per heavy atom. The SMILES string of the molecule is CCOC(=O)CCN1CCC(c2onc3cc(F)ccc23)CC1. The Kier molecular flexibility index (Phi) is 4.91. The molecule has 6 heteroatoms. The molecule has 1 aliphatic rings. The molecule has 23 heavy (non-hydrogen) atoms. The number of rotatable bonds is 5. The van der Waals surface area contributed by atoms with Gasteiger partial charge < -0.3 is 14.2 Å². The second kappa shape index (κ2) is 7.08. The third kappa shape index (κ3) is 3.69. The van der Waals surface area contributed by atoms with Gasteiger partial charge in [0.1, 0.15) is 17.1 Å². The van der Waals surface area contributed by atoms with E-state index in [1.165, 1.54) is 12.1 Å². The van der Waals surface area contributed by atoms with Gasteiger partial charge in [0.05, 0.1) is 13.0 Å². The standard InChI is InChI=1S/C17H21FN2O3/c1-2-22-16(21)7-10-20-8-5-12(6-9-20)17-14-4-3-13(18)11-15(14)19-23-17/h3-4,11-12H,2,5-10H2,1H3. The van der Waals surface area contributed by atoms with Crippen LogP contribution in [0.3, 0.4) is 0 Å². The summed E-state index contributed by atoms with van der Waals surface area (Å²) in [7, 11) is 0. The monoisotopic (exact) mass is 320 g/mol. The van der Waals surface area contributed by atoms with Gasteiger partial charge in [-0.05, 0) is 45.0 Å². The Morgan fingerprint density at radius 2 is 2.22 bits per heavy atom. The summed E-state index contributed by atoms with van der Waals surface area (Å²) in [5.74, 6) is 0.707. The van der Waals surface area contributed by atoms with Crippen LogP contribution in [-0.4, -0.2) is 42.3 Å². The lowest BCUT2D eigenvalue weighted by Gasteiger charge is -2.30. The van der Waals surface area contributed by atoms with Crippen LogP contribution in [0.1, 0.15) is 37.9 Å². The first kappa shape index (κ1) is 15.9. The van der Waals surface area contributed by atoms with Crippen molar-refractivity contribution in [2.24, 2.45) is 0 Å². The van der Waals surface area contributed by atoms with E-state index >= 15 is 0 Å². The quantitative estimate of drug-likeness (QED) is 0.792. The lowest BCUT2D eigenvalue weighted by atomic mass is 9.92. The highest BCUT2D eigenvalue weighted by atomic mass is 19.1. The average molecular weight is 320 g/mol.